The molecule has 2 rings (SSSR count). The van der Waals surface area contributed by atoms with Gasteiger partial charge in [-0.1, -0.05) is 49.6 Å². The summed E-state index contributed by atoms with van der Waals surface area (Å²) in [7, 11) is -2.90. The zero-order chi connectivity index (χ0) is 16.5. The fraction of sp³-hybridized carbons (Fsp3) is 0.579. The second-order valence-electron chi connectivity index (χ2n) is 6.37. The zero-order valence-electron chi connectivity index (χ0n) is 14.0. The molecule has 1 saturated heterocycles. The van der Waals surface area contributed by atoms with Gasteiger partial charge in [0.1, 0.15) is 0 Å². The zero-order valence-corrected chi connectivity index (χ0v) is 14.9. The summed E-state index contributed by atoms with van der Waals surface area (Å²) in [6, 6.07) is 10.1. The summed E-state index contributed by atoms with van der Waals surface area (Å²) in [5.41, 5.74) is 2.24. The average Bonchev–Trinajstić information content (AvgIpc) is 2.54. The second-order valence-corrected chi connectivity index (χ2v) is 8.77. The van der Waals surface area contributed by atoms with Crippen LogP contribution in [0.3, 0.4) is 0 Å². The van der Waals surface area contributed by atoms with E-state index in [1.807, 2.05) is 25.1 Å². The molecule has 23 heavy (non-hydrogen) atoms. The van der Waals surface area contributed by atoms with Crippen molar-refractivity contribution in [1.29, 1.82) is 0 Å². The first-order valence-corrected chi connectivity index (χ1v) is 10.4. The lowest BCUT2D eigenvalue weighted by Gasteiger charge is -2.20. The van der Waals surface area contributed by atoms with Crippen LogP contribution in [0.4, 0.5) is 0 Å². The van der Waals surface area contributed by atoms with Crippen molar-refractivity contribution in [2.75, 3.05) is 12.4 Å². The Morgan fingerprint density at radius 2 is 1.91 bits per heavy atom. The van der Waals surface area contributed by atoms with E-state index >= 15 is 0 Å². The van der Waals surface area contributed by atoms with Gasteiger partial charge in [-0.25, -0.2) is 8.42 Å². The summed E-state index contributed by atoms with van der Waals surface area (Å²) in [4.78, 5) is 0. The lowest BCUT2D eigenvalue weighted by Crippen LogP contribution is -2.26. The number of rotatable bonds is 6. The summed E-state index contributed by atoms with van der Waals surface area (Å²) < 4.78 is 30.1. The molecule has 4 heteroatoms. The van der Waals surface area contributed by atoms with Gasteiger partial charge in [-0.3, -0.25) is 0 Å². The number of sulfone groups is 1. The van der Waals surface area contributed by atoms with Gasteiger partial charge in [0, 0.05) is 0 Å². The Hall–Kier alpha value is -1.29. The predicted octanol–water partition coefficient (Wildman–Crippen LogP) is 4.59. The van der Waals surface area contributed by atoms with Crippen LogP contribution in [0.5, 0.6) is 0 Å². The number of hydrogen-bond donors (Lipinski definition) is 0. The van der Waals surface area contributed by atoms with Gasteiger partial charge in [0.2, 0.25) is 0 Å². The van der Waals surface area contributed by atoms with Gasteiger partial charge in [-0.2, -0.15) is 0 Å². The second kappa shape index (κ2) is 9.11. The Bertz CT molecular complexity index is 590. The lowest BCUT2D eigenvalue weighted by atomic mass is 10.1. The molecule has 0 spiro atoms. The number of ether oxygens (including phenoxy) is 1. The molecule has 1 atom stereocenters. The smallest absolute Gasteiger partial charge is 0.153 e. The molecule has 1 aromatic rings. The first-order valence-electron chi connectivity index (χ1n) is 8.65. The van der Waals surface area contributed by atoms with E-state index in [2.05, 4.69) is 12.1 Å². The summed E-state index contributed by atoms with van der Waals surface area (Å²) in [5.74, 6) is 0.367. The Morgan fingerprint density at radius 3 is 2.70 bits per heavy atom. The average molecular weight is 336 g/mol. The highest BCUT2D eigenvalue weighted by Crippen LogP contribution is 2.22. The van der Waals surface area contributed by atoms with Crippen molar-refractivity contribution in [3.05, 3.63) is 42.2 Å². The summed E-state index contributed by atoms with van der Waals surface area (Å²) in [6.45, 7) is 2.60. The molecular formula is C19H28O3S. The van der Waals surface area contributed by atoms with Crippen molar-refractivity contribution in [2.24, 2.45) is 0 Å². The molecule has 1 aliphatic heterocycles. The molecule has 0 N–H and O–H groups in total. The third-order valence-corrected chi connectivity index (χ3v) is 6.84. The van der Waals surface area contributed by atoms with Gasteiger partial charge in [0.15, 0.2) is 9.84 Å². The predicted molar refractivity (Wildman–Crippen MR) is 95.9 cm³/mol. The van der Waals surface area contributed by atoms with Crippen molar-refractivity contribution >= 4 is 15.4 Å². The van der Waals surface area contributed by atoms with Crippen LogP contribution in [-0.4, -0.2) is 26.0 Å². The largest absolute Gasteiger partial charge is 0.501 e. The fourth-order valence-corrected chi connectivity index (χ4v) is 5.04. The molecule has 1 fully saturated rings. The number of benzene rings is 1. The molecule has 1 aromatic carbocycles. The van der Waals surface area contributed by atoms with E-state index in [0.29, 0.717) is 12.4 Å². The molecule has 0 saturated carbocycles. The van der Waals surface area contributed by atoms with E-state index in [0.717, 1.165) is 49.7 Å². The van der Waals surface area contributed by atoms with Gasteiger partial charge in [-0.05, 0) is 43.7 Å². The molecule has 3 nitrogen and oxygen atoms in total. The van der Waals surface area contributed by atoms with E-state index in [9.17, 15) is 8.42 Å². The van der Waals surface area contributed by atoms with E-state index < -0.39 is 9.84 Å². The van der Waals surface area contributed by atoms with Gasteiger partial charge >= 0.3 is 0 Å². The Balaban J connectivity index is 1.76. The molecule has 0 radical (unpaired) electrons. The van der Waals surface area contributed by atoms with E-state index in [-0.39, 0.29) is 5.25 Å². The fourth-order valence-electron chi connectivity index (χ4n) is 3.05. The Labute approximate surface area is 140 Å². The third-order valence-electron chi connectivity index (χ3n) is 4.49. The third kappa shape index (κ3) is 6.02. The molecule has 1 heterocycles. The SMILES string of the molecule is C/C(=C/OCCCC1CCCCCCS1(=O)=O)c1ccccc1. The highest BCUT2D eigenvalue weighted by molar-refractivity contribution is 7.92. The molecule has 0 aromatic heterocycles. The van der Waals surface area contributed by atoms with Crippen molar-refractivity contribution in [3.63, 3.8) is 0 Å². The van der Waals surface area contributed by atoms with Crippen molar-refractivity contribution in [2.45, 2.75) is 57.1 Å². The lowest BCUT2D eigenvalue weighted by molar-refractivity contribution is 0.241. The first-order chi connectivity index (χ1) is 11.1. The highest BCUT2D eigenvalue weighted by Gasteiger charge is 2.25. The Morgan fingerprint density at radius 1 is 1.17 bits per heavy atom. The van der Waals surface area contributed by atoms with E-state index in [1.165, 1.54) is 6.42 Å². The van der Waals surface area contributed by atoms with Crippen LogP contribution in [0.2, 0.25) is 0 Å². The summed E-state index contributed by atoms with van der Waals surface area (Å²) >= 11 is 0. The van der Waals surface area contributed by atoms with Gasteiger partial charge in [0.25, 0.3) is 0 Å². The minimum Gasteiger partial charge on any atom is -0.501 e. The van der Waals surface area contributed by atoms with Crippen LogP contribution in [0.15, 0.2) is 36.6 Å². The van der Waals surface area contributed by atoms with Crippen LogP contribution < -0.4 is 0 Å². The first kappa shape index (κ1) is 18.1. The normalized spacial score (nSPS) is 22.1. The van der Waals surface area contributed by atoms with Crippen LogP contribution in [0, 0.1) is 0 Å². The minimum atomic E-state index is -2.90. The monoisotopic (exact) mass is 336 g/mol. The molecule has 0 aliphatic carbocycles. The number of allylic oxidation sites excluding steroid dienone is 1. The molecule has 0 amide bonds. The van der Waals surface area contributed by atoms with E-state index in [1.54, 1.807) is 6.26 Å². The standard InChI is InChI=1S/C19H28O3S/c1-17(18-10-5-4-6-11-18)16-22-14-9-13-19-12-7-2-3-8-15-23(19,20)21/h4-6,10-11,16,19H,2-3,7-9,12-15H2,1H3/b17-16-. The topological polar surface area (TPSA) is 43.4 Å². The molecule has 1 aliphatic rings. The van der Waals surface area contributed by atoms with E-state index in [4.69, 9.17) is 4.74 Å². The maximum absolute atomic E-state index is 12.3. The molecule has 0 bridgehead atoms. The van der Waals surface area contributed by atoms with Crippen molar-refractivity contribution < 1.29 is 13.2 Å². The van der Waals surface area contributed by atoms with Crippen LogP contribution >= 0.6 is 0 Å². The maximum atomic E-state index is 12.3. The quantitative estimate of drug-likeness (QED) is 0.563. The van der Waals surface area contributed by atoms with Gasteiger partial charge in [-0.15, -0.1) is 0 Å². The number of hydrogen-bond acceptors (Lipinski definition) is 3. The summed E-state index contributed by atoms with van der Waals surface area (Å²) in [6.07, 6.45) is 8.21. The summed E-state index contributed by atoms with van der Waals surface area (Å²) in [5, 5.41) is -0.161. The van der Waals surface area contributed by atoms with Gasteiger partial charge in [0.05, 0.1) is 23.9 Å². The van der Waals surface area contributed by atoms with Crippen LogP contribution in [0.1, 0.15) is 57.4 Å². The Kier molecular flexibility index (Phi) is 7.15. The molecule has 128 valence electrons. The van der Waals surface area contributed by atoms with Crippen LogP contribution in [0.25, 0.3) is 5.57 Å². The molecular weight excluding hydrogens is 308 g/mol. The molecule has 1 unspecified atom stereocenters. The maximum Gasteiger partial charge on any atom is 0.153 e. The van der Waals surface area contributed by atoms with Crippen molar-refractivity contribution in [1.82, 2.24) is 0 Å². The van der Waals surface area contributed by atoms with Crippen LogP contribution in [-0.2, 0) is 14.6 Å². The van der Waals surface area contributed by atoms with Gasteiger partial charge < -0.3 is 4.74 Å². The minimum absolute atomic E-state index is 0.161. The van der Waals surface area contributed by atoms with Crippen molar-refractivity contribution in [3.8, 4) is 0 Å². The highest BCUT2D eigenvalue weighted by atomic mass is 32.2.